The Kier molecular flexibility index (Phi) is 10.6. The average molecular weight is 693 g/mol. The topological polar surface area (TPSA) is 58.4 Å². The van der Waals surface area contributed by atoms with Gasteiger partial charge in [0.05, 0.1) is 5.56 Å². The van der Waals surface area contributed by atoms with Gasteiger partial charge >= 0.3 is 6.18 Å². The monoisotopic (exact) mass is 692 g/mol. The van der Waals surface area contributed by atoms with Gasteiger partial charge in [0.1, 0.15) is 11.9 Å². The third-order valence-corrected chi connectivity index (χ3v) is 10.8. The number of hydrogen-bond donors (Lipinski definition) is 0. The molecule has 1 atom stereocenters. The fourth-order valence-electron chi connectivity index (χ4n) is 6.89. The van der Waals surface area contributed by atoms with E-state index in [9.17, 15) is 27.2 Å². The van der Waals surface area contributed by atoms with E-state index in [1.807, 2.05) is 33.7 Å². The van der Waals surface area contributed by atoms with Crippen LogP contribution in [0.25, 0.3) is 11.1 Å². The van der Waals surface area contributed by atoms with Gasteiger partial charge in [-0.3, -0.25) is 9.59 Å². The first-order chi connectivity index (χ1) is 23.5. The molecule has 1 aliphatic heterocycles. The number of rotatable bonds is 10. The van der Waals surface area contributed by atoms with Crippen molar-refractivity contribution in [2.45, 2.75) is 74.1 Å². The number of aromatic nitrogens is 2. The Balaban J connectivity index is 1.29. The standard InChI is InChI=1S/C38H40F4N4O2S/c1-44(2)31-20-22-45(23-21-31)36(48)34(19-10-25-6-11-27(12-7-25)28-13-15-29(16-14-28)38(40,41)42)46-33-5-3-4-32(33)35(47)43-37(46)49-24-26-8-17-30(39)18-9-26/h6-9,11-18,31,34H,3-5,10,19-24H2,1-2H3. The number of carbonyl (C=O) groups excluding carboxylic acids is 1. The van der Waals surface area contributed by atoms with Crippen molar-refractivity contribution in [1.82, 2.24) is 19.4 Å². The molecule has 6 rings (SSSR count). The van der Waals surface area contributed by atoms with Gasteiger partial charge in [-0.25, -0.2) is 4.39 Å². The molecule has 2 heterocycles. The van der Waals surface area contributed by atoms with Crippen LogP contribution in [0, 0.1) is 5.82 Å². The van der Waals surface area contributed by atoms with Gasteiger partial charge in [0, 0.05) is 36.1 Å². The number of thioether (sulfide) groups is 1. The summed E-state index contributed by atoms with van der Waals surface area (Å²) >= 11 is 1.39. The molecule has 6 nitrogen and oxygen atoms in total. The number of hydrogen-bond acceptors (Lipinski definition) is 5. The molecule has 0 bridgehead atoms. The predicted octanol–water partition coefficient (Wildman–Crippen LogP) is 7.58. The number of halogens is 4. The molecule has 0 N–H and O–H groups in total. The summed E-state index contributed by atoms with van der Waals surface area (Å²) in [6.45, 7) is 1.29. The van der Waals surface area contributed by atoms with Crippen LogP contribution in [-0.4, -0.2) is 58.5 Å². The van der Waals surface area contributed by atoms with E-state index in [1.54, 1.807) is 12.1 Å². The zero-order chi connectivity index (χ0) is 34.7. The lowest BCUT2D eigenvalue weighted by Gasteiger charge is -2.38. The van der Waals surface area contributed by atoms with Crippen molar-refractivity contribution in [2.24, 2.45) is 0 Å². The van der Waals surface area contributed by atoms with Crippen LogP contribution < -0.4 is 5.56 Å². The van der Waals surface area contributed by atoms with Gasteiger partial charge in [-0.2, -0.15) is 18.2 Å². The van der Waals surface area contributed by atoms with Crippen molar-refractivity contribution in [3.8, 4) is 11.1 Å². The molecule has 4 aromatic rings. The van der Waals surface area contributed by atoms with Gasteiger partial charge in [-0.15, -0.1) is 0 Å². The highest BCUT2D eigenvalue weighted by Gasteiger charge is 2.34. The van der Waals surface area contributed by atoms with Gasteiger partial charge in [-0.1, -0.05) is 60.3 Å². The fourth-order valence-corrected chi connectivity index (χ4v) is 7.91. The van der Waals surface area contributed by atoms with Crippen LogP contribution in [0.2, 0.25) is 0 Å². The van der Waals surface area contributed by atoms with Crippen molar-refractivity contribution in [1.29, 1.82) is 0 Å². The maximum absolute atomic E-state index is 14.5. The minimum atomic E-state index is -4.39. The van der Waals surface area contributed by atoms with E-state index < -0.39 is 17.8 Å². The molecular weight excluding hydrogens is 653 g/mol. The minimum Gasteiger partial charge on any atom is -0.341 e. The number of nitrogens with zero attached hydrogens (tertiary/aromatic N) is 4. The zero-order valence-electron chi connectivity index (χ0n) is 27.7. The van der Waals surface area contributed by atoms with Crippen LogP contribution >= 0.6 is 11.8 Å². The summed E-state index contributed by atoms with van der Waals surface area (Å²) in [5, 5.41) is 0.495. The molecule has 1 aromatic heterocycles. The third kappa shape index (κ3) is 8.10. The molecular formula is C38H40F4N4O2S. The predicted molar refractivity (Wildman–Crippen MR) is 184 cm³/mol. The highest BCUT2D eigenvalue weighted by Crippen LogP contribution is 2.34. The second-order valence-corrected chi connectivity index (χ2v) is 14.1. The number of benzene rings is 3. The molecule has 3 aromatic carbocycles. The molecule has 1 saturated heterocycles. The molecule has 0 radical (unpaired) electrons. The van der Waals surface area contributed by atoms with E-state index in [0.717, 1.165) is 53.8 Å². The number of piperidine rings is 1. The molecule has 1 aliphatic carbocycles. The number of likely N-dealkylation sites (tertiary alicyclic amines) is 1. The van der Waals surface area contributed by atoms with Crippen molar-refractivity contribution in [3.63, 3.8) is 0 Å². The number of aryl methyl sites for hydroxylation is 1. The lowest BCUT2D eigenvalue weighted by atomic mass is 9.98. The first kappa shape index (κ1) is 34.9. The largest absolute Gasteiger partial charge is 0.416 e. The number of amides is 1. The molecule has 1 unspecified atom stereocenters. The summed E-state index contributed by atoms with van der Waals surface area (Å²) < 4.78 is 54.8. The summed E-state index contributed by atoms with van der Waals surface area (Å²) in [5.41, 5.74) is 3.98. The SMILES string of the molecule is CN(C)C1CCN(C(=O)C(CCc2ccc(-c3ccc(C(F)(F)F)cc3)cc2)n2c(SCc3ccc(F)cc3)nc(=O)c3c2CCC3)CC1. The van der Waals surface area contributed by atoms with E-state index in [-0.39, 0.29) is 17.3 Å². The second-order valence-electron chi connectivity index (χ2n) is 13.1. The minimum absolute atomic E-state index is 0.0155. The molecule has 0 saturated carbocycles. The molecule has 0 spiro atoms. The Hall–Kier alpha value is -3.96. The summed E-state index contributed by atoms with van der Waals surface area (Å²) in [4.78, 5) is 36.4. The molecule has 49 heavy (non-hydrogen) atoms. The van der Waals surface area contributed by atoms with Gasteiger partial charge in [0.25, 0.3) is 5.56 Å². The van der Waals surface area contributed by atoms with Crippen LogP contribution in [-0.2, 0) is 36.0 Å². The third-order valence-electron chi connectivity index (χ3n) is 9.73. The maximum Gasteiger partial charge on any atom is 0.416 e. The highest BCUT2D eigenvalue weighted by molar-refractivity contribution is 7.98. The smallest absolute Gasteiger partial charge is 0.341 e. The van der Waals surface area contributed by atoms with E-state index in [4.69, 9.17) is 0 Å². The molecule has 258 valence electrons. The Bertz CT molecular complexity index is 1820. The van der Waals surface area contributed by atoms with Crippen molar-refractivity contribution in [2.75, 3.05) is 27.2 Å². The lowest BCUT2D eigenvalue weighted by Crippen LogP contribution is -2.47. The summed E-state index contributed by atoms with van der Waals surface area (Å²) in [6, 6.07) is 18.9. The summed E-state index contributed by atoms with van der Waals surface area (Å²) in [5.74, 6) is 0.158. The number of carbonyl (C=O) groups is 1. The Morgan fingerprint density at radius 3 is 2.14 bits per heavy atom. The molecule has 1 fully saturated rings. The average Bonchev–Trinajstić information content (AvgIpc) is 3.60. The Morgan fingerprint density at radius 1 is 0.918 bits per heavy atom. The first-order valence-corrected chi connectivity index (χ1v) is 17.7. The van der Waals surface area contributed by atoms with Crippen LogP contribution in [0.4, 0.5) is 17.6 Å². The van der Waals surface area contributed by atoms with Crippen molar-refractivity contribution in [3.05, 3.63) is 117 Å². The first-order valence-electron chi connectivity index (χ1n) is 16.7. The zero-order valence-corrected chi connectivity index (χ0v) is 28.5. The molecule has 1 amide bonds. The van der Waals surface area contributed by atoms with Gasteiger partial charge in [0.15, 0.2) is 5.16 Å². The van der Waals surface area contributed by atoms with Crippen molar-refractivity contribution >= 4 is 17.7 Å². The summed E-state index contributed by atoms with van der Waals surface area (Å²) in [7, 11) is 4.13. The van der Waals surface area contributed by atoms with Gasteiger partial charge < -0.3 is 14.4 Å². The van der Waals surface area contributed by atoms with E-state index in [0.29, 0.717) is 66.9 Å². The van der Waals surface area contributed by atoms with E-state index >= 15 is 0 Å². The fraction of sp³-hybridized carbons (Fsp3) is 0.395. The van der Waals surface area contributed by atoms with Gasteiger partial charge in [0.2, 0.25) is 5.91 Å². The van der Waals surface area contributed by atoms with Gasteiger partial charge in [-0.05, 0) is 106 Å². The Labute approximate surface area is 288 Å². The van der Waals surface area contributed by atoms with Crippen LogP contribution in [0.5, 0.6) is 0 Å². The van der Waals surface area contributed by atoms with E-state index in [2.05, 4.69) is 24.0 Å². The Morgan fingerprint density at radius 2 is 1.53 bits per heavy atom. The normalized spacial score (nSPS) is 15.9. The van der Waals surface area contributed by atoms with Crippen LogP contribution in [0.1, 0.15) is 59.7 Å². The maximum atomic E-state index is 14.5. The lowest BCUT2D eigenvalue weighted by molar-refractivity contribution is -0.138. The summed E-state index contributed by atoms with van der Waals surface area (Å²) in [6.07, 6.45) is 0.551. The molecule has 11 heteroatoms. The quantitative estimate of drug-likeness (QED) is 0.0975. The highest BCUT2D eigenvalue weighted by atomic mass is 32.2. The van der Waals surface area contributed by atoms with Crippen molar-refractivity contribution < 1.29 is 22.4 Å². The number of alkyl halides is 3. The number of fused-ring (bicyclic) bond motifs is 1. The van der Waals surface area contributed by atoms with Crippen LogP contribution in [0.3, 0.4) is 0 Å². The molecule has 2 aliphatic rings. The second kappa shape index (κ2) is 14.9. The van der Waals surface area contributed by atoms with Crippen LogP contribution in [0.15, 0.2) is 82.7 Å². The van der Waals surface area contributed by atoms with E-state index in [1.165, 1.54) is 36.0 Å².